The van der Waals surface area contributed by atoms with Gasteiger partial charge < -0.3 is 10.6 Å². The zero-order chi connectivity index (χ0) is 15.4. The highest BCUT2D eigenvalue weighted by molar-refractivity contribution is 5.79. The molecular weight excluding hydrogens is 279 g/mol. The van der Waals surface area contributed by atoms with Gasteiger partial charge in [-0.25, -0.2) is 4.39 Å². The molecule has 1 aromatic carbocycles. The molecule has 1 aliphatic heterocycles. The van der Waals surface area contributed by atoms with Gasteiger partial charge in [0.05, 0.1) is 12.0 Å². The second-order valence-corrected chi connectivity index (χ2v) is 6.63. The molecule has 1 aromatic rings. The Morgan fingerprint density at radius 2 is 2.05 bits per heavy atom. The Kier molecular flexibility index (Phi) is 5.08. The molecule has 0 spiro atoms. The summed E-state index contributed by atoms with van der Waals surface area (Å²) in [4.78, 5) is 12.6. The number of benzene rings is 1. The summed E-state index contributed by atoms with van der Waals surface area (Å²) in [6.45, 7) is 1.76. The van der Waals surface area contributed by atoms with Crippen LogP contribution in [0.1, 0.15) is 50.1 Å². The largest absolute Gasteiger partial charge is 0.349 e. The molecule has 1 heterocycles. The number of nitrogens with one attached hydrogen (secondary N) is 2. The first-order valence-corrected chi connectivity index (χ1v) is 8.50. The third-order valence-corrected chi connectivity index (χ3v) is 5.04. The number of carbonyl (C=O) groups excluding carboxylic acids is 1. The topological polar surface area (TPSA) is 41.1 Å². The Hall–Kier alpha value is -1.42. The number of hydrogen-bond donors (Lipinski definition) is 2. The Labute approximate surface area is 131 Å². The first-order valence-electron chi connectivity index (χ1n) is 8.50. The van der Waals surface area contributed by atoms with Crippen LogP contribution in [-0.4, -0.2) is 19.0 Å². The number of piperidine rings is 1. The number of carbonyl (C=O) groups is 1. The molecule has 0 radical (unpaired) electrons. The highest BCUT2D eigenvalue weighted by Crippen LogP contribution is 2.36. The lowest BCUT2D eigenvalue weighted by Gasteiger charge is -2.29. The molecule has 1 saturated carbocycles. The molecule has 0 aromatic heterocycles. The van der Waals surface area contributed by atoms with Crippen LogP contribution in [0.2, 0.25) is 0 Å². The van der Waals surface area contributed by atoms with Crippen molar-refractivity contribution in [1.82, 2.24) is 10.6 Å². The summed E-state index contributed by atoms with van der Waals surface area (Å²) in [5.74, 6) is 0.371. The van der Waals surface area contributed by atoms with E-state index in [2.05, 4.69) is 10.6 Å². The van der Waals surface area contributed by atoms with Gasteiger partial charge >= 0.3 is 0 Å². The van der Waals surface area contributed by atoms with Gasteiger partial charge in [-0.2, -0.15) is 0 Å². The summed E-state index contributed by atoms with van der Waals surface area (Å²) in [5.41, 5.74) is 0.906. The van der Waals surface area contributed by atoms with E-state index in [1.807, 2.05) is 6.07 Å². The van der Waals surface area contributed by atoms with E-state index in [0.29, 0.717) is 5.92 Å². The van der Waals surface area contributed by atoms with Crippen LogP contribution < -0.4 is 10.6 Å². The van der Waals surface area contributed by atoms with Gasteiger partial charge in [0.15, 0.2) is 0 Å². The van der Waals surface area contributed by atoms with E-state index in [1.54, 1.807) is 12.1 Å². The summed E-state index contributed by atoms with van der Waals surface area (Å²) in [6, 6.07) is 6.66. The van der Waals surface area contributed by atoms with Crippen molar-refractivity contribution < 1.29 is 9.18 Å². The Morgan fingerprint density at radius 3 is 2.73 bits per heavy atom. The summed E-state index contributed by atoms with van der Waals surface area (Å²) >= 11 is 0. The number of amides is 1. The maximum Gasteiger partial charge on any atom is 0.224 e. The molecule has 2 atom stereocenters. The maximum atomic E-state index is 13.6. The van der Waals surface area contributed by atoms with Gasteiger partial charge in [0.25, 0.3) is 0 Å². The van der Waals surface area contributed by atoms with Crippen molar-refractivity contribution >= 4 is 5.91 Å². The molecule has 0 bridgehead atoms. The fraction of sp³-hybridized carbons (Fsp3) is 0.611. The zero-order valence-corrected chi connectivity index (χ0v) is 13.0. The zero-order valence-electron chi connectivity index (χ0n) is 13.0. The molecule has 3 rings (SSSR count). The Morgan fingerprint density at radius 1 is 1.23 bits per heavy atom. The highest BCUT2D eigenvalue weighted by atomic mass is 19.1. The number of rotatable bonds is 4. The highest BCUT2D eigenvalue weighted by Gasteiger charge is 2.30. The number of hydrogen-bond acceptors (Lipinski definition) is 2. The van der Waals surface area contributed by atoms with Gasteiger partial charge in [-0.1, -0.05) is 25.0 Å². The molecule has 2 fully saturated rings. The molecule has 3 nitrogen and oxygen atoms in total. The van der Waals surface area contributed by atoms with Crippen molar-refractivity contribution in [3.63, 3.8) is 0 Å². The fourth-order valence-corrected chi connectivity index (χ4v) is 3.81. The van der Waals surface area contributed by atoms with E-state index in [1.165, 1.54) is 18.9 Å². The van der Waals surface area contributed by atoms with Gasteiger partial charge in [0.1, 0.15) is 5.82 Å². The van der Waals surface area contributed by atoms with Crippen LogP contribution >= 0.6 is 0 Å². The summed E-state index contributed by atoms with van der Waals surface area (Å²) in [5, 5.41) is 6.51. The Balaban J connectivity index is 1.74. The van der Waals surface area contributed by atoms with Crippen LogP contribution in [0.5, 0.6) is 0 Å². The summed E-state index contributed by atoms with van der Waals surface area (Å²) < 4.78 is 13.6. The maximum absolute atomic E-state index is 13.6. The van der Waals surface area contributed by atoms with E-state index in [4.69, 9.17) is 0 Å². The molecule has 2 aliphatic rings. The first-order chi connectivity index (χ1) is 10.7. The van der Waals surface area contributed by atoms with Gasteiger partial charge in [0, 0.05) is 6.54 Å². The molecule has 2 N–H and O–H groups in total. The lowest BCUT2D eigenvalue weighted by Crippen LogP contribution is -2.43. The van der Waals surface area contributed by atoms with Gasteiger partial charge in [-0.05, 0) is 55.8 Å². The monoisotopic (exact) mass is 304 g/mol. The van der Waals surface area contributed by atoms with Crippen molar-refractivity contribution in [3.05, 3.63) is 35.6 Å². The van der Waals surface area contributed by atoms with E-state index in [9.17, 15) is 9.18 Å². The van der Waals surface area contributed by atoms with E-state index in [0.717, 1.165) is 44.3 Å². The molecule has 1 saturated heterocycles. The molecule has 2 unspecified atom stereocenters. The normalized spacial score (nSPS) is 24.1. The Bertz CT molecular complexity index is 508. The quantitative estimate of drug-likeness (QED) is 0.897. The third kappa shape index (κ3) is 3.67. The van der Waals surface area contributed by atoms with E-state index in [-0.39, 0.29) is 23.7 Å². The van der Waals surface area contributed by atoms with Crippen LogP contribution in [-0.2, 0) is 4.79 Å². The van der Waals surface area contributed by atoms with Crippen LogP contribution in [0, 0.1) is 17.7 Å². The minimum atomic E-state index is -0.228. The van der Waals surface area contributed by atoms with Crippen molar-refractivity contribution in [2.24, 2.45) is 11.8 Å². The molecule has 1 aliphatic carbocycles. The second kappa shape index (κ2) is 7.23. The van der Waals surface area contributed by atoms with Crippen LogP contribution in [0.4, 0.5) is 4.39 Å². The van der Waals surface area contributed by atoms with Gasteiger partial charge in [-0.15, -0.1) is 0 Å². The number of halogens is 1. The molecule has 120 valence electrons. The van der Waals surface area contributed by atoms with Crippen LogP contribution in [0.25, 0.3) is 0 Å². The predicted octanol–water partition coefficient (Wildman–Crippen LogP) is 3.17. The van der Waals surface area contributed by atoms with Crippen LogP contribution in [0.15, 0.2) is 24.3 Å². The minimum absolute atomic E-state index is 0.0474. The SMILES string of the molecule is O=C(NC(c1cccc(F)c1)C1CCCC1)C1CCCNC1. The fourth-order valence-electron chi connectivity index (χ4n) is 3.81. The molecular formula is C18H25FN2O. The lowest BCUT2D eigenvalue weighted by atomic mass is 9.90. The summed E-state index contributed by atoms with van der Waals surface area (Å²) in [7, 11) is 0. The second-order valence-electron chi connectivity index (χ2n) is 6.63. The molecule has 4 heteroatoms. The van der Waals surface area contributed by atoms with E-state index >= 15 is 0 Å². The first kappa shape index (κ1) is 15.5. The van der Waals surface area contributed by atoms with Crippen molar-refractivity contribution in [3.8, 4) is 0 Å². The summed E-state index contributed by atoms with van der Waals surface area (Å²) in [6.07, 6.45) is 6.63. The van der Waals surface area contributed by atoms with Crippen LogP contribution in [0.3, 0.4) is 0 Å². The predicted molar refractivity (Wildman–Crippen MR) is 84.8 cm³/mol. The standard InChI is InChI=1S/C18H25FN2O/c19-16-9-3-7-14(11-16)17(13-5-1-2-6-13)21-18(22)15-8-4-10-20-12-15/h3,7,9,11,13,15,17,20H,1-2,4-6,8,10,12H2,(H,21,22). The lowest BCUT2D eigenvalue weighted by molar-refractivity contribution is -0.126. The van der Waals surface area contributed by atoms with Crippen molar-refractivity contribution in [2.75, 3.05) is 13.1 Å². The molecule has 22 heavy (non-hydrogen) atoms. The average Bonchev–Trinajstić information content (AvgIpc) is 3.07. The average molecular weight is 304 g/mol. The smallest absolute Gasteiger partial charge is 0.224 e. The van der Waals surface area contributed by atoms with Crippen molar-refractivity contribution in [2.45, 2.75) is 44.6 Å². The van der Waals surface area contributed by atoms with Gasteiger partial charge in [0.2, 0.25) is 5.91 Å². The van der Waals surface area contributed by atoms with Crippen molar-refractivity contribution in [1.29, 1.82) is 0 Å². The van der Waals surface area contributed by atoms with Gasteiger partial charge in [-0.3, -0.25) is 4.79 Å². The minimum Gasteiger partial charge on any atom is -0.349 e. The third-order valence-electron chi connectivity index (χ3n) is 5.04. The molecule has 1 amide bonds. The van der Waals surface area contributed by atoms with E-state index < -0.39 is 0 Å².